The lowest BCUT2D eigenvalue weighted by Gasteiger charge is -2.07. The Morgan fingerprint density at radius 3 is 2.50 bits per heavy atom. The van der Waals surface area contributed by atoms with Crippen molar-refractivity contribution in [1.82, 2.24) is 30.8 Å². The minimum absolute atomic E-state index is 0.232. The number of aromatic nitrogens is 4. The summed E-state index contributed by atoms with van der Waals surface area (Å²) in [5.41, 5.74) is 8.67. The van der Waals surface area contributed by atoms with E-state index in [-0.39, 0.29) is 5.69 Å². The van der Waals surface area contributed by atoms with Crippen molar-refractivity contribution in [3.8, 4) is 11.3 Å². The SMILES string of the molecule is Cc1nn(C)c(C)c1-c1cc(C(=O)NNC(=O)c2ccccc2Br)[nH]n1. The summed E-state index contributed by atoms with van der Waals surface area (Å²) in [5, 5.41) is 11.2. The van der Waals surface area contributed by atoms with E-state index < -0.39 is 11.8 Å². The van der Waals surface area contributed by atoms with Crippen LogP contribution in [0.5, 0.6) is 0 Å². The van der Waals surface area contributed by atoms with E-state index in [4.69, 9.17) is 0 Å². The van der Waals surface area contributed by atoms with E-state index in [1.54, 1.807) is 35.0 Å². The van der Waals surface area contributed by atoms with Crippen LogP contribution in [-0.2, 0) is 7.05 Å². The average Bonchev–Trinajstić information content (AvgIpc) is 3.18. The molecular formula is C17H17BrN6O2. The first kappa shape index (κ1) is 17.9. The van der Waals surface area contributed by atoms with E-state index in [0.717, 1.165) is 17.0 Å². The van der Waals surface area contributed by atoms with Gasteiger partial charge in [-0.3, -0.25) is 30.2 Å². The van der Waals surface area contributed by atoms with Gasteiger partial charge in [0.2, 0.25) is 0 Å². The van der Waals surface area contributed by atoms with Gasteiger partial charge in [0.15, 0.2) is 0 Å². The van der Waals surface area contributed by atoms with Gasteiger partial charge in [-0.2, -0.15) is 10.2 Å². The van der Waals surface area contributed by atoms with Crippen molar-refractivity contribution in [3.63, 3.8) is 0 Å². The molecule has 3 N–H and O–H groups in total. The number of aryl methyl sites for hydroxylation is 2. The van der Waals surface area contributed by atoms with Gasteiger partial charge in [0.25, 0.3) is 11.8 Å². The summed E-state index contributed by atoms with van der Waals surface area (Å²) in [5.74, 6) is -0.923. The number of carbonyl (C=O) groups excluding carboxylic acids is 2. The highest BCUT2D eigenvalue weighted by Gasteiger charge is 2.18. The zero-order chi connectivity index (χ0) is 18.8. The van der Waals surface area contributed by atoms with Crippen molar-refractivity contribution in [2.24, 2.45) is 7.05 Å². The first-order valence-electron chi connectivity index (χ1n) is 7.79. The number of nitrogens with one attached hydrogen (secondary N) is 3. The minimum atomic E-state index is -0.497. The molecule has 8 nitrogen and oxygen atoms in total. The minimum Gasteiger partial charge on any atom is -0.272 e. The van der Waals surface area contributed by atoms with Gasteiger partial charge in [-0.05, 0) is 48.0 Å². The van der Waals surface area contributed by atoms with E-state index in [1.807, 2.05) is 20.9 Å². The molecule has 0 saturated heterocycles. The molecule has 0 saturated carbocycles. The normalized spacial score (nSPS) is 10.6. The Morgan fingerprint density at radius 1 is 1.15 bits per heavy atom. The summed E-state index contributed by atoms with van der Waals surface area (Å²) in [6.07, 6.45) is 0. The fourth-order valence-corrected chi connectivity index (χ4v) is 3.07. The fourth-order valence-electron chi connectivity index (χ4n) is 2.60. The summed E-state index contributed by atoms with van der Waals surface area (Å²) < 4.78 is 2.40. The molecule has 2 aromatic heterocycles. The van der Waals surface area contributed by atoms with Gasteiger partial charge in [-0.15, -0.1) is 0 Å². The zero-order valence-corrected chi connectivity index (χ0v) is 16.0. The lowest BCUT2D eigenvalue weighted by atomic mass is 10.1. The second-order valence-corrected chi connectivity index (χ2v) is 6.58. The lowest BCUT2D eigenvalue weighted by molar-refractivity contribution is 0.0843. The highest BCUT2D eigenvalue weighted by atomic mass is 79.9. The molecule has 134 valence electrons. The van der Waals surface area contributed by atoms with Crippen LogP contribution in [-0.4, -0.2) is 31.8 Å². The quantitative estimate of drug-likeness (QED) is 0.569. The van der Waals surface area contributed by atoms with Gasteiger partial charge < -0.3 is 0 Å². The number of hydrazine groups is 1. The van der Waals surface area contributed by atoms with Gasteiger partial charge in [-0.25, -0.2) is 0 Å². The Bertz CT molecular complexity index is 991. The molecule has 26 heavy (non-hydrogen) atoms. The Balaban J connectivity index is 1.71. The van der Waals surface area contributed by atoms with Crippen molar-refractivity contribution in [3.05, 3.63) is 57.4 Å². The number of rotatable bonds is 3. The van der Waals surface area contributed by atoms with Crippen LogP contribution in [0.1, 0.15) is 32.2 Å². The third kappa shape index (κ3) is 3.38. The summed E-state index contributed by atoms with van der Waals surface area (Å²) in [4.78, 5) is 24.4. The molecule has 3 rings (SSSR count). The molecule has 0 aliphatic carbocycles. The van der Waals surface area contributed by atoms with Crippen LogP contribution in [0.15, 0.2) is 34.8 Å². The van der Waals surface area contributed by atoms with E-state index in [2.05, 4.69) is 42.1 Å². The lowest BCUT2D eigenvalue weighted by Crippen LogP contribution is -2.41. The van der Waals surface area contributed by atoms with Crippen molar-refractivity contribution < 1.29 is 9.59 Å². The van der Waals surface area contributed by atoms with Crippen molar-refractivity contribution in [2.75, 3.05) is 0 Å². The van der Waals surface area contributed by atoms with E-state index in [0.29, 0.717) is 15.7 Å². The first-order chi connectivity index (χ1) is 12.4. The fraction of sp³-hybridized carbons (Fsp3) is 0.176. The molecule has 0 radical (unpaired) electrons. The van der Waals surface area contributed by atoms with E-state index in [1.165, 1.54) is 0 Å². The molecule has 0 spiro atoms. The van der Waals surface area contributed by atoms with Crippen LogP contribution in [0, 0.1) is 13.8 Å². The molecule has 0 unspecified atom stereocenters. The molecule has 0 fully saturated rings. The number of nitrogens with zero attached hydrogens (tertiary/aromatic N) is 3. The van der Waals surface area contributed by atoms with E-state index >= 15 is 0 Å². The number of halogens is 1. The summed E-state index contributed by atoms with van der Waals surface area (Å²) in [6.45, 7) is 3.82. The topological polar surface area (TPSA) is 105 Å². The predicted octanol–water partition coefficient (Wildman–Crippen LogP) is 2.26. The maximum atomic E-state index is 12.3. The Kier molecular flexibility index (Phi) is 4.90. The van der Waals surface area contributed by atoms with Gasteiger partial charge in [0, 0.05) is 22.8 Å². The van der Waals surface area contributed by atoms with Crippen molar-refractivity contribution in [2.45, 2.75) is 13.8 Å². The average molecular weight is 417 g/mol. The molecule has 9 heteroatoms. The zero-order valence-electron chi connectivity index (χ0n) is 14.4. The number of hydrogen-bond acceptors (Lipinski definition) is 4. The molecule has 0 aliphatic heterocycles. The van der Waals surface area contributed by atoms with Crippen LogP contribution < -0.4 is 10.9 Å². The molecule has 0 bridgehead atoms. The largest absolute Gasteiger partial charge is 0.287 e. The predicted molar refractivity (Wildman–Crippen MR) is 99.3 cm³/mol. The molecule has 3 aromatic rings. The third-order valence-corrected chi connectivity index (χ3v) is 4.69. The van der Waals surface area contributed by atoms with Crippen molar-refractivity contribution in [1.29, 1.82) is 0 Å². The van der Waals surface area contributed by atoms with Gasteiger partial charge in [-0.1, -0.05) is 12.1 Å². The number of carbonyl (C=O) groups is 2. The maximum Gasteiger partial charge on any atom is 0.287 e. The van der Waals surface area contributed by atoms with Crippen molar-refractivity contribution >= 4 is 27.7 Å². The maximum absolute atomic E-state index is 12.3. The summed E-state index contributed by atoms with van der Waals surface area (Å²) in [6, 6.07) is 8.55. The third-order valence-electron chi connectivity index (χ3n) is 4.00. The second-order valence-electron chi connectivity index (χ2n) is 5.72. The molecular weight excluding hydrogens is 400 g/mol. The second kappa shape index (κ2) is 7.12. The standard InChI is InChI=1S/C17H17BrN6O2/c1-9-15(10(2)24(3)23-9)13-8-14(20-19-13)17(26)22-21-16(25)11-6-4-5-7-12(11)18/h4-8H,1-3H3,(H,19,20)(H,21,25)(H,22,26). The first-order valence-corrected chi connectivity index (χ1v) is 8.59. The highest BCUT2D eigenvalue weighted by molar-refractivity contribution is 9.10. The number of benzene rings is 1. The highest BCUT2D eigenvalue weighted by Crippen LogP contribution is 2.25. The molecule has 2 amide bonds. The Labute approximate surface area is 158 Å². The summed E-state index contributed by atoms with van der Waals surface area (Å²) >= 11 is 3.30. The summed E-state index contributed by atoms with van der Waals surface area (Å²) in [7, 11) is 1.85. The van der Waals surface area contributed by atoms with Crippen LogP contribution >= 0.6 is 15.9 Å². The monoisotopic (exact) mass is 416 g/mol. The van der Waals surface area contributed by atoms with Crippen LogP contribution in [0.3, 0.4) is 0 Å². The number of hydrogen-bond donors (Lipinski definition) is 3. The number of amides is 2. The van der Waals surface area contributed by atoms with E-state index in [9.17, 15) is 9.59 Å². The Hall–Kier alpha value is -2.94. The molecule has 1 aromatic carbocycles. The van der Waals surface area contributed by atoms with Gasteiger partial charge in [0.1, 0.15) is 5.69 Å². The van der Waals surface area contributed by atoms with Gasteiger partial charge >= 0.3 is 0 Å². The van der Waals surface area contributed by atoms with Crippen LogP contribution in [0.2, 0.25) is 0 Å². The number of aromatic amines is 1. The Morgan fingerprint density at radius 2 is 1.85 bits per heavy atom. The molecule has 2 heterocycles. The van der Waals surface area contributed by atoms with Gasteiger partial charge in [0.05, 0.1) is 17.0 Å². The molecule has 0 atom stereocenters. The van der Waals surface area contributed by atoms with Crippen LogP contribution in [0.4, 0.5) is 0 Å². The smallest absolute Gasteiger partial charge is 0.272 e. The van der Waals surface area contributed by atoms with Crippen LogP contribution in [0.25, 0.3) is 11.3 Å². The number of H-pyrrole nitrogens is 1. The molecule has 0 aliphatic rings.